The molecule has 0 aromatic rings. The molecular weight excluding hydrogens is 454 g/mol. The fourth-order valence-electron chi connectivity index (χ4n) is 7.98. The number of hydrogen-bond donors (Lipinski definition) is 0. The maximum atomic E-state index is 12.3. The van der Waals surface area contributed by atoms with Gasteiger partial charge in [0.05, 0.1) is 13.1 Å². The summed E-state index contributed by atoms with van der Waals surface area (Å²) in [5, 5.41) is 0. The lowest BCUT2D eigenvalue weighted by Gasteiger charge is -2.60. The van der Waals surface area contributed by atoms with Crippen LogP contribution in [0.4, 0.5) is 0 Å². The summed E-state index contributed by atoms with van der Waals surface area (Å²) in [6.07, 6.45) is 11.7. The van der Waals surface area contributed by atoms with Crippen LogP contribution in [0.25, 0.3) is 0 Å². The standard InChI is InChI=1S/C22H38IO2P/c1-5-12-22(14-25-26-23)16(6-2)7-8-17-19-10-9-18(15(3)24)21(19,4)13-11-20(17)22/h16-20,26H,5-14H2,1-4H3. The van der Waals surface area contributed by atoms with Gasteiger partial charge in [-0.25, -0.2) is 0 Å². The van der Waals surface area contributed by atoms with Crippen LogP contribution >= 0.6 is 28.5 Å². The molecule has 0 saturated heterocycles. The first-order valence-electron chi connectivity index (χ1n) is 10.9. The molecule has 0 bridgehead atoms. The number of fused-ring (bicyclic) bond motifs is 3. The Hall–Kier alpha value is 0.790. The first-order valence-corrected chi connectivity index (χ1v) is 14.9. The number of carbonyl (C=O) groups is 1. The van der Waals surface area contributed by atoms with E-state index in [-0.39, 0.29) is 5.41 Å². The maximum absolute atomic E-state index is 12.3. The molecule has 3 aliphatic rings. The molecule has 0 aliphatic heterocycles. The summed E-state index contributed by atoms with van der Waals surface area (Å²) in [5.74, 6) is 4.01. The molecule has 3 saturated carbocycles. The van der Waals surface area contributed by atoms with Gasteiger partial charge < -0.3 is 4.52 Å². The molecule has 0 amide bonds. The topological polar surface area (TPSA) is 26.3 Å². The minimum atomic E-state index is 0.274. The van der Waals surface area contributed by atoms with Crippen LogP contribution in [-0.2, 0) is 9.32 Å². The lowest BCUT2D eigenvalue weighted by molar-refractivity contribution is -0.137. The van der Waals surface area contributed by atoms with Crippen LogP contribution in [0.15, 0.2) is 0 Å². The lowest BCUT2D eigenvalue weighted by Crippen LogP contribution is -2.54. The van der Waals surface area contributed by atoms with E-state index in [9.17, 15) is 4.79 Å². The molecule has 0 aromatic heterocycles. The van der Waals surface area contributed by atoms with Gasteiger partial charge in [-0.05, 0) is 108 Å². The summed E-state index contributed by atoms with van der Waals surface area (Å²) in [7, 11) is 0. The molecule has 0 spiro atoms. The van der Waals surface area contributed by atoms with Crippen molar-refractivity contribution in [2.45, 2.75) is 85.5 Å². The van der Waals surface area contributed by atoms with Gasteiger partial charge >= 0.3 is 0 Å². The zero-order valence-corrected chi connectivity index (χ0v) is 20.3. The number of Topliss-reactive ketones (excluding diaryl/α,β-unsaturated/α-hetero) is 1. The third kappa shape index (κ3) is 3.45. The molecule has 8 atom stereocenters. The minimum absolute atomic E-state index is 0.274. The van der Waals surface area contributed by atoms with E-state index in [1.807, 2.05) is 6.92 Å². The number of hydrogen-bond acceptors (Lipinski definition) is 2. The predicted molar refractivity (Wildman–Crippen MR) is 120 cm³/mol. The molecule has 3 fully saturated rings. The molecule has 3 aliphatic carbocycles. The van der Waals surface area contributed by atoms with Crippen molar-refractivity contribution >= 4 is 34.3 Å². The summed E-state index contributed by atoms with van der Waals surface area (Å²) < 4.78 is 6.17. The van der Waals surface area contributed by atoms with Gasteiger partial charge in [0, 0.05) is 5.92 Å². The van der Waals surface area contributed by atoms with E-state index < -0.39 is 0 Å². The van der Waals surface area contributed by atoms with E-state index in [2.05, 4.69) is 42.8 Å². The van der Waals surface area contributed by atoms with Gasteiger partial charge in [-0.15, -0.1) is 0 Å². The Kier molecular flexibility index (Phi) is 7.16. The molecule has 4 heteroatoms. The molecule has 2 nitrogen and oxygen atoms in total. The lowest BCUT2D eigenvalue weighted by atomic mass is 9.45. The van der Waals surface area contributed by atoms with Crippen LogP contribution in [0.2, 0.25) is 0 Å². The van der Waals surface area contributed by atoms with Crippen LogP contribution in [-0.4, -0.2) is 12.4 Å². The molecule has 0 heterocycles. The van der Waals surface area contributed by atoms with E-state index in [1.165, 1.54) is 51.4 Å². The Bertz CT molecular complexity index is 512. The quantitative estimate of drug-likeness (QED) is 0.278. The SMILES string of the molecule is CCCC1(COPI)C(CC)CCC2C3CCC(C(C)=O)C3(C)CCC21. The normalized spacial score (nSPS) is 45.7. The Morgan fingerprint density at radius 2 is 1.92 bits per heavy atom. The second kappa shape index (κ2) is 8.66. The highest BCUT2D eigenvalue weighted by Crippen LogP contribution is 2.67. The third-order valence-corrected chi connectivity index (χ3v) is 10.1. The first kappa shape index (κ1) is 21.5. The zero-order valence-electron chi connectivity index (χ0n) is 17.2. The van der Waals surface area contributed by atoms with Gasteiger partial charge in [0.15, 0.2) is 0 Å². The van der Waals surface area contributed by atoms with Gasteiger partial charge in [0.25, 0.3) is 0 Å². The summed E-state index contributed by atoms with van der Waals surface area (Å²) in [6.45, 7) is 10.6. The molecule has 0 aromatic carbocycles. The van der Waals surface area contributed by atoms with E-state index in [1.54, 1.807) is 0 Å². The van der Waals surface area contributed by atoms with Crippen molar-refractivity contribution < 1.29 is 9.32 Å². The highest BCUT2D eigenvalue weighted by Gasteiger charge is 2.60. The van der Waals surface area contributed by atoms with Gasteiger partial charge in [-0.2, -0.15) is 0 Å². The van der Waals surface area contributed by atoms with Crippen molar-refractivity contribution in [3.8, 4) is 0 Å². The van der Waals surface area contributed by atoms with Crippen LogP contribution in [0, 0.1) is 40.4 Å². The summed E-state index contributed by atoms with van der Waals surface area (Å²) >= 11 is 2.39. The predicted octanol–water partition coefficient (Wildman–Crippen LogP) is 7.20. The smallest absolute Gasteiger partial charge is 0.133 e. The monoisotopic (exact) mass is 492 g/mol. The summed E-state index contributed by atoms with van der Waals surface area (Å²) in [4.78, 5) is 12.3. The van der Waals surface area contributed by atoms with Crippen LogP contribution in [0.3, 0.4) is 0 Å². The van der Waals surface area contributed by atoms with Crippen LogP contribution in [0.5, 0.6) is 0 Å². The van der Waals surface area contributed by atoms with Crippen molar-refractivity contribution in [2.75, 3.05) is 6.61 Å². The van der Waals surface area contributed by atoms with E-state index in [0.29, 0.717) is 23.6 Å². The van der Waals surface area contributed by atoms with Gasteiger partial charge in [0.2, 0.25) is 0 Å². The molecule has 3 rings (SSSR count). The summed E-state index contributed by atoms with van der Waals surface area (Å²) in [5.41, 5.74) is 0.663. The second-order valence-corrected chi connectivity index (χ2v) is 11.5. The van der Waals surface area contributed by atoms with Crippen LogP contribution < -0.4 is 0 Å². The van der Waals surface area contributed by atoms with Crippen LogP contribution in [0.1, 0.15) is 85.5 Å². The fraction of sp³-hybridized carbons (Fsp3) is 0.955. The van der Waals surface area contributed by atoms with E-state index in [4.69, 9.17) is 4.52 Å². The average Bonchev–Trinajstić information content (AvgIpc) is 2.98. The molecule has 0 N–H and O–H groups in total. The third-order valence-electron chi connectivity index (χ3n) is 8.93. The second-order valence-electron chi connectivity index (χ2n) is 9.69. The van der Waals surface area contributed by atoms with E-state index >= 15 is 0 Å². The highest BCUT2D eigenvalue weighted by atomic mass is 127. The van der Waals surface area contributed by atoms with Crippen molar-refractivity contribution in [1.29, 1.82) is 0 Å². The maximum Gasteiger partial charge on any atom is 0.133 e. The largest absolute Gasteiger partial charge is 0.351 e. The molecule has 0 radical (unpaired) electrons. The highest BCUT2D eigenvalue weighted by molar-refractivity contribution is 14.2. The molecule has 26 heavy (non-hydrogen) atoms. The number of carbonyl (C=O) groups excluding carboxylic acids is 1. The Morgan fingerprint density at radius 3 is 2.54 bits per heavy atom. The Morgan fingerprint density at radius 1 is 1.15 bits per heavy atom. The number of rotatable bonds is 7. The van der Waals surface area contributed by atoms with Gasteiger partial charge in [-0.1, -0.05) is 33.6 Å². The van der Waals surface area contributed by atoms with Crippen molar-refractivity contribution in [3.05, 3.63) is 0 Å². The zero-order chi connectivity index (χ0) is 18.9. The molecular formula is C22H38IO2P. The fourth-order valence-corrected chi connectivity index (χ4v) is 8.77. The minimum Gasteiger partial charge on any atom is -0.351 e. The van der Waals surface area contributed by atoms with Gasteiger partial charge in [0.1, 0.15) is 5.78 Å². The average molecular weight is 492 g/mol. The van der Waals surface area contributed by atoms with Crippen molar-refractivity contribution in [3.63, 3.8) is 0 Å². The Balaban J connectivity index is 1.92. The van der Waals surface area contributed by atoms with E-state index in [0.717, 1.165) is 36.7 Å². The number of halogens is 1. The summed E-state index contributed by atoms with van der Waals surface area (Å²) in [6, 6.07) is 0. The number of ketones is 1. The van der Waals surface area contributed by atoms with Crippen molar-refractivity contribution in [2.24, 2.45) is 40.4 Å². The Labute approximate surface area is 175 Å². The molecule has 8 unspecified atom stereocenters. The first-order chi connectivity index (χ1) is 12.4. The van der Waals surface area contributed by atoms with Crippen molar-refractivity contribution in [1.82, 2.24) is 0 Å². The molecule has 150 valence electrons. The van der Waals surface area contributed by atoms with Gasteiger partial charge in [-0.3, -0.25) is 4.79 Å².